The molecule has 0 amide bonds. The van der Waals surface area contributed by atoms with E-state index >= 15 is 0 Å². The molecule has 0 aromatic heterocycles. The lowest BCUT2D eigenvalue weighted by atomic mass is 10.3. The van der Waals surface area contributed by atoms with Crippen LogP contribution in [0.4, 0.5) is 0 Å². The number of benzene rings is 1. The molecule has 1 fully saturated rings. The lowest BCUT2D eigenvalue weighted by Crippen LogP contribution is -2.28. The first-order valence-corrected chi connectivity index (χ1v) is 7.14. The summed E-state index contributed by atoms with van der Waals surface area (Å²) in [6.45, 7) is 0. The van der Waals surface area contributed by atoms with Gasteiger partial charge < -0.3 is 9.47 Å². The van der Waals surface area contributed by atoms with Gasteiger partial charge in [-0.25, -0.2) is 8.42 Å². The van der Waals surface area contributed by atoms with Gasteiger partial charge in [-0.1, -0.05) is 0 Å². The van der Waals surface area contributed by atoms with Crippen LogP contribution in [0.15, 0.2) is 23.1 Å². The van der Waals surface area contributed by atoms with Gasteiger partial charge in [0.15, 0.2) is 11.5 Å². The van der Waals surface area contributed by atoms with Crippen molar-refractivity contribution in [3.8, 4) is 11.5 Å². The van der Waals surface area contributed by atoms with E-state index < -0.39 is 10.0 Å². The van der Waals surface area contributed by atoms with Crippen molar-refractivity contribution in [3.05, 3.63) is 18.2 Å². The fourth-order valence-electron chi connectivity index (χ4n) is 1.78. The maximum Gasteiger partial charge on any atom is 0.243 e. The molecule has 0 atom stereocenters. The van der Waals surface area contributed by atoms with Crippen LogP contribution in [0.1, 0.15) is 12.8 Å². The van der Waals surface area contributed by atoms with Gasteiger partial charge in [0, 0.05) is 19.2 Å². The number of ether oxygens (including phenoxy) is 2. The number of hydrogen-bond acceptors (Lipinski definition) is 4. The van der Waals surface area contributed by atoms with E-state index in [1.807, 2.05) is 0 Å². The lowest BCUT2D eigenvalue weighted by molar-refractivity contribution is 0.353. The predicted molar refractivity (Wildman–Crippen MR) is 67.5 cm³/mol. The topological polar surface area (TPSA) is 55.8 Å². The Kier molecular flexibility index (Phi) is 3.49. The zero-order valence-corrected chi connectivity index (χ0v) is 11.5. The summed E-state index contributed by atoms with van der Waals surface area (Å²) >= 11 is 0. The second-order valence-electron chi connectivity index (χ2n) is 4.27. The molecule has 0 spiro atoms. The van der Waals surface area contributed by atoms with Crippen molar-refractivity contribution in [1.29, 1.82) is 0 Å². The van der Waals surface area contributed by atoms with Crippen LogP contribution in [0.2, 0.25) is 0 Å². The molecule has 0 unspecified atom stereocenters. The average Bonchev–Trinajstić information content (AvgIpc) is 3.21. The van der Waals surface area contributed by atoms with Crippen molar-refractivity contribution in [2.45, 2.75) is 23.8 Å². The van der Waals surface area contributed by atoms with Gasteiger partial charge in [0.25, 0.3) is 0 Å². The summed E-state index contributed by atoms with van der Waals surface area (Å²) in [6.07, 6.45) is 1.87. The highest BCUT2D eigenvalue weighted by molar-refractivity contribution is 7.89. The minimum Gasteiger partial charge on any atom is -0.493 e. The zero-order chi connectivity index (χ0) is 13.3. The highest BCUT2D eigenvalue weighted by Crippen LogP contribution is 2.34. The smallest absolute Gasteiger partial charge is 0.243 e. The molecule has 1 aliphatic rings. The molecule has 1 aromatic rings. The van der Waals surface area contributed by atoms with Crippen molar-refractivity contribution >= 4 is 10.0 Å². The van der Waals surface area contributed by atoms with E-state index in [0.717, 1.165) is 12.8 Å². The molecule has 1 saturated carbocycles. The van der Waals surface area contributed by atoms with E-state index in [1.54, 1.807) is 13.1 Å². The molecule has 0 heterocycles. The van der Waals surface area contributed by atoms with Crippen LogP contribution in [0.5, 0.6) is 11.5 Å². The third-order valence-corrected chi connectivity index (χ3v) is 5.00. The molecule has 1 aliphatic carbocycles. The number of rotatable bonds is 5. The molecule has 6 heteroatoms. The van der Waals surface area contributed by atoms with Crippen molar-refractivity contribution in [2.24, 2.45) is 0 Å². The molecule has 0 saturated heterocycles. The van der Waals surface area contributed by atoms with E-state index in [1.165, 1.54) is 30.7 Å². The predicted octanol–water partition coefficient (Wildman–Crippen LogP) is 1.49. The minimum absolute atomic E-state index is 0.142. The zero-order valence-electron chi connectivity index (χ0n) is 10.7. The molecule has 5 nitrogen and oxygen atoms in total. The maximum absolute atomic E-state index is 12.3. The van der Waals surface area contributed by atoms with E-state index in [2.05, 4.69) is 0 Å². The largest absolute Gasteiger partial charge is 0.493 e. The van der Waals surface area contributed by atoms with Crippen LogP contribution >= 0.6 is 0 Å². The van der Waals surface area contributed by atoms with Crippen LogP contribution in [0.3, 0.4) is 0 Å². The first kappa shape index (κ1) is 13.2. The summed E-state index contributed by atoms with van der Waals surface area (Å²) in [4.78, 5) is 0.231. The summed E-state index contributed by atoms with van der Waals surface area (Å²) in [7, 11) is 1.18. The van der Waals surface area contributed by atoms with E-state index in [-0.39, 0.29) is 10.9 Å². The first-order chi connectivity index (χ1) is 8.50. The summed E-state index contributed by atoms with van der Waals surface area (Å²) in [5, 5.41) is 0. The average molecular weight is 271 g/mol. The SMILES string of the molecule is COc1ccc(S(=O)(=O)N(C)C2CC2)cc1OC. The van der Waals surface area contributed by atoms with Crippen molar-refractivity contribution in [1.82, 2.24) is 4.31 Å². The fourth-order valence-corrected chi connectivity index (χ4v) is 3.21. The number of hydrogen-bond donors (Lipinski definition) is 0. The van der Waals surface area contributed by atoms with Gasteiger partial charge in [-0.15, -0.1) is 0 Å². The van der Waals surface area contributed by atoms with Crippen LogP contribution in [-0.4, -0.2) is 40.0 Å². The van der Waals surface area contributed by atoms with Crippen molar-refractivity contribution in [3.63, 3.8) is 0 Å². The third-order valence-electron chi connectivity index (χ3n) is 3.09. The van der Waals surface area contributed by atoms with Gasteiger partial charge in [-0.3, -0.25) is 0 Å². The van der Waals surface area contributed by atoms with Gasteiger partial charge >= 0.3 is 0 Å². The Labute approximate surface area is 107 Å². The number of methoxy groups -OCH3 is 2. The van der Waals surface area contributed by atoms with Crippen LogP contribution in [-0.2, 0) is 10.0 Å². The number of nitrogens with zero attached hydrogens (tertiary/aromatic N) is 1. The quantitative estimate of drug-likeness (QED) is 0.814. The molecule has 0 aliphatic heterocycles. The molecule has 0 bridgehead atoms. The molecular weight excluding hydrogens is 254 g/mol. The summed E-state index contributed by atoms with van der Waals surface area (Å²) in [6, 6.07) is 4.78. The Bertz CT molecular complexity index is 537. The van der Waals surface area contributed by atoms with E-state index in [9.17, 15) is 8.42 Å². The Morgan fingerprint density at radius 2 is 1.78 bits per heavy atom. The van der Waals surface area contributed by atoms with Gasteiger partial charge in [0.05, 0.1) is 19.1 Å². The normalized spacial score (nSPS) is 15.8. The number of sulfonamides is 1. The van der Waals surface area contributed by atoms with Gasteiger partial charge in [-0.2, -0.15) is 4.31 Å². The summed E-state index contributed by atoms with van der Waals surface area (Å²) < 4.78 is 36.3. The monoisotopic (exact) mass is 271 g/mol. The van der Waals surface area contributed by atoms with Crippen LogP contribution < -0.4 is 9.47 Å². The summed E-state index contributed by atoms with van der Waals surface area (Å²) in [5.41, 5.74) is 0. The molecule has 0 radical (unpaired) electrons. The molecule has 18 heavy (non-hydrogen) atoms. The Morgan fingerprint density at radius 3 is 2.28 bits per heavy atom. The first-order valence-electron chi connectivity index (χ1n) is 5.70. The molecule has 1 aromatic carbocycles. The van der Waals surface area contributed by atoms with Gasteiger partial charge in [0.1, 0.15) is 0 Å². The fraction of sp³-hybridized carbons (Fsp3) is 0.500. The standard InChI is InChI=1S/C12H17NO4S/c1-13(9-4-5-9)18(14,15)10-6-7-11(16-2)12(8-10)17-3/h6-9H,4-5H2,1-3H3. The lowest BCUT2D eigenvalue weighted by Gasteiger charge is -2.17. The van der Waals surface area contributed by atoms with Crippen LogP contribution in [0, 0.1) is 0 Å². The second-order valence-corrected chi connectivity index (χ2v) is 6.27. The van der Waals surface area contributed by atoms with Crippen molar-refractivity contribution in [2.75, 3.05) is 21.3 Å². The second kappa shape index (κ2) is 4.78. The third kappa shape index (κ3) is 2.30. The van der Waals surface area contributed by atoms with Crippen LogP contribution in [0.25, 0.3) is 0 Å². The Morgan fingerprint density at radius 1 is 1.17 bits per heavy atom. The summed E-state index contributed by atoms with van der Waals surface area (Å²) in [5.74, 6) is 0.938. The van der Waals surface area contributed by atoms with Gasteiger partial charge in [0.2, 0.25) is 10.0 Å². The molecule has 0 N–H and O–H groups in total. The van der Waals surface area contributed by atoms with E-state index in [4.69, 9.17) is 9.47 Å². The van der Waals surface area contributed by atoms with Crippen molar-refractivity contribution < 1.29 is 17.9 Å². The minimum atomic E-state index is -3.44. The molecule has 2 rings (SSSR count). The highest BCUT2D eigenvalue weighted by Gasteiger charge is 2.35. The Balaban J connectivity index is 2.38. The Hall–Kier alpha value is -1.27. The van der Waals surface area contributed by atoms with E-state index in [0.29, 0.717) is 11.5 Å². The molecular formula is C12H17NO4S. The van der Waals surface area contributed by atoms with Gasteiger partial charge in [-0.05, 0) is 25.0 Å². The highest BCUT2D eigenvalue weighted by atomic mass is 32.2. The maximum atomic E-state index is 12.3. The molecule has 100 valence electrons.